The zero-order chi connectivity index (χ0) is 11.7. The average molecular weight is 241 g/mol. The molecule has 0 aliphatic rings. The average Bonchev–Trinajstić information content (AvgIpc) is 2.75. The maximum absolute atomic E-state index is 5.64. The van der Waals surface area contributed by atoms with Crippen molar-refractivity contribution in [3.63, 3.8) is 0 Å². The van der Waals surface area contributed by atoms with Gasteiger partial charge in [-0.05, 0) is 17.7 Å². The Morgan fingerprint density at radius 2 is 2.06 bits per heavy atom. The number of thiazole rings is 1. The van der Waals surface area contributed by atoms with Crippen molar-refractivity contribution in [1.82, 2.24) is 9.97 Å². The van der Waals surface area contributed by atoms with Crippen LogP contribution in [0.2, 0.25) is 0 Å². The molecule has 2 N–H and O–H groups in total. The normalized spacial score (nSPS) is 10.8. The van der Waals surface area contributed by atoms with E-state index in [0.29, 0.717) is 5.13 Å². The van der Waals surface area contributed by atoms with E-state index in [9.17, 15) is 0 Å². The predicted octanol–water partition coefficient (Wildman–Crippen LogP) is 2.86. The van der Waals surface area contributed by atoms with Crippen molar-refractivity contribution < 1.29 is 0 Å². The summed E-state index contributed by atoms with van der Waals surface area (Å²) in [7, 11) is 0. The molecule has 0 atom stereocenters. The summed E-state index contributed by atoms with van der Waals surface area (Å²) in [5.74, 6) is 0. The quantitative estimate of drug-likeness (QED) is 0.750. The summed E-state index contributed by atoms with van der Waals surface area (Å²) >= 11 is 1.54. The number of nitrogens with zero attached hydrogens (tertiary/aromatic N) is 2. The molecule has 0 saturated heterocycles. The molecule has 3 rings (SSSR count). The molecule has 0 unspecified atom stereocenters. The second-order valence-corrected chi connectivity index (χ2v) is 4.98. The fourth-order valence-corrected chi connectivity index (χ4v) is 2.62. The first-order valence-corrected chi connectivity index (χ1v) is 6.17. The van der Waals surface area contributed by atoms with Gasteiger partial charge in [-0.25, -0.2) is 4.98 Å². The highest BCUT2D eigenvalue weighted by atomic mass is 32.1. The number of rotatable bonds is 2. The number of hydrogen-bond donors (Lipinski definition) is 1. The lowest BCUT2D eigenvalue weighted by atomic mass is 10.1. The van der Waals surface area contributed by atoms with Crippen LogP contribution in [0.5, 0.6) is 0 Å². The molecule has 3 aromatic rings. The van der Waals surface area contributed by atoms with E-state index in [2.05, 4.69) is 22.1 Å². The Bertz CT molecular complexity index is 655. The molecule has 0 radical (unpaired) electrons. The Kier molecular flexibility index (Phi) is 2.49. The summed E-state index contributed by atoms with van der Waals surface area (Å²) in [4.78, 5) is 9.60. The molecule has 0 fully saturated rings. The van der Waals surface area contributed by atoms with Crippen LogP contribution < -0.4 is 5.73 Å². The Labute approximate surface area is 103 Å². The first-order valence-electron chi connectivity index (χ1n) is 5.36. The largest absolute Gasteiger partial charge is 0.375 e. The van der Waals surface area contributed by atoms with Gasteiger partial charge in [-0.1, -0.05) is 18.2 Å². The zero-order valence-electron chi connectivity index (χ0n) is 9.13. The van der Waals surface area contributed by atoms with Gasteiger partial charge >= 0.3 is 0 Å². The molecular weight excluding hydrogens is 230 g/mol. The third kappa shape index (κ3) is 1.99. The first kappa shape index (κ1) is 10.2. The highest BCUT2D eigenvalue weighted by Gasteiger charge is 2.04. The molecule has 2 heterocycles. The molecular formula is C13H11N3S. The minimum Gasteiger partial charge on any atom is -0.375 e. The van der Waals surface area contributed by atoms with Gasteiger partial charge in [-0.15, -0.1) is 11.3 Å². The van der Waals surface area contributed by atoms with Crippen molar-refractivity contribution in [3.05, 3.63) is 53.2 Å². The smallest absolute Gasteiger partial charge is 0.180 e. The molecule has 0 saturated carbocycles. The topological polar surface area (TPSA) is 51.8 Å². The molecule has 0 aliphatic heterocycles. The van der Waals surface area contributed by atoms with E-state index in [4.69, 9.17) is 5.73 Å². The van der Waals surface area contributed by atoms with E-state index in [1.54, 1.807) is 0 Å². The van der Waals surface area contributed by atoms with E-state index in [1.807, 2.05) is 30.6 Å². The van der Waals surface area contributed by atoms with Crippen LogP contribution in [0.3, 0.4) is 0 Å². The monoisotopic (exact) mass is 241 g/mol. The van der Waals surface area contributed by atoms with Crippen LogP contribution in [0, 0.1) is 0 Å². The lowest BCUT2D eigenvalue weighted by Crippen LogP contribution is -1.88. The van der Waals surface area contributed by atoms with Gasteiger partial charge in [0.15, 0.2) is 5.13 Å². The van der Waals surface area contributed by atoms with Crippen LogP contribution >= 0.6 is 11.3 Å². The zero-order valence-corrected chi connectivity index (χ0v) is 9.95. The van der Waals surface area contributed by atoms with Gasteiger partial charge in [0.1, 0.15) is 0 Å². The van der Waals surface area contributed by atoms with Crippen molar-refractivity contribution in [1.29, 1.82) is 0 Å². The van der Waals surface area contributed by atoms with Crippen LogP contribution in [-0.2, 0) is 6.42 Å². The molecule has 0 spiro atoms. The third-order valence-corrected chi connectivity index (χ3v) is 3.50. The molecule has 2 aromatic heterocycles. The second-order valence-electron chi connectivity index (χ2n) is 3.83. The minimum absolute atomic E-state index is 0.623. The van der Waals surface area contributed by atoms with E-state index in [-0.39, 0.29) is 0 Å². The Morgan fingerprint density at radius 1 is 1.12 bits per heavy atom. The third-order valence-electron chi connectivity index (χ3n) is 2.67. The van der Waals surface area contributed by atoms with Gasteiger partial charge in [0.25, 0.3) is 0 Å². The van der Waals surface area contributed by atoms with Gasteiger partial charge in [0.2, 0.25) is 0 Å². The number of nitrogens with two attached hydrogens (primary N) is 1. The number of hydrogen-bond acceptors (Lipinski definition) is 4. The standard InChI is InChI=1S/C13H11N3S/c14-13-16-8-10(17-13)7-9-3-1-5-12-11(9)4-2-6-15-12/h1-6,8H,7H2,(H2,14,16). The van der Waals surface area contributed by atoms with Crippen LogP contribution in [0.25, 0.3) is 10.9 Å². The maximum Gasteiger partial charge on any atom is 0.180 e. The number of anilines is 1. The van der Waals surface area contributed by atoms with Crippen LogP contribution in [0.1, 0.15) is 10.4 Å². The lowest BCUT2D eigenvalue weighted by Gasteiger charge is -2.03. The van der Waals surface area contributed by atoms with Crippen molar-refractivity contribution in [3.8, 4) is 0 Å². The van der Waals surface area contributed by atoms with Crippen molar-refractivity contribution in [2.75, 3.05) is 5.73 Å². The number of aromatic nitrogens is 2. The molecule has 17 heavy (non-hydrogen) atoms. The van der Waals surface area contributed by atoms with E-state index in [1.165, 1.54) is 27.2 Å². The summed E-state index contributed by atoms with van der Waals surface area (Å²) in [5, 5.41) is 1.82. The van der Waals surface area contributed by atoms with Crippen molar-refractivity contribution in [2.45, 2.75) is 6.42 Å². The lowest BCUT2D eigenvalue weighted by molar-refractivity contribution is 1.23. The van der Waals surface area contributed by atoms with E-state index in [0.717, 1.165) is 11.9 Å². The maximum atomic E-state index is 5.64. The van der Waals surface area contributed by atoms with Crippen LogP contribution in [-0.4, -0.2) is 9.97 Å². The predicted molar refractivity (Wildman–Crippen MR) is 71.1 cm³/mol. The van der Waals surface area contributed by atoms with Gasteiger partial charge in [-0.2, -0.15) is 0 Å². The first-order chi connectivity index (χ1) is 8.33. The molecule has 0 amide bonds. The Hall–Kier alpha value is -1.94. The van der Waals surface area contributed by atoms with Crippen molar-refractivity contribution >= 4 is 27.4 Å². The minimum atomic E-state index is 0.623. The highest BCUT2D eigenvalue weighted by Crippen LogP contribution is 2.23. The molecule has 1 aromatic carbocycles. The molecule has 4 heteroatoms. The second kappa shape index (κ2) is 4.14. The number of pyridine rings is 1. The highest BCUT2D eigenvalue weighted by molar-refractivity contribution is 7.15. The summed E-state index contributed by atoms with van der Waals surface area (Å²) in [6.45, 7) is 0. The fraction of sp³-hybridized carbons (Fsp3) is 0.0769. The number of benzene rings is 1. The van der Waals surface area contributed by atoms with E-state index >= 15 is 0 Å². The molecule has 0 aliphatic carbocycles. The summed E-state index contributed by atoms with van der Waals surface area (Å²) in [5.41, 5.74) is 7.93. The Morgan fingerprint density at radius 3 is 2.88 bits per heavy atom. The molecule has 3 nitrogen and oxygen atoms in total. The summed E-state index contributed by atoms with van der Waals surface area (Å²) < 4.78 is 0. The Balaban J connectivity index is 2.05. The van der Waals surface area contributed by atoms with Crippen LogP contribution in [0.15, 0.2) is 42.7 Å². The van der Waals surface area contributed by atoms with Crippen LogP contribution in [0.4, 0.5) is 5.13 Å². The number of fused-ring (bicyclic) bond motifs is 1. The molecule has 84 valence electrons. The van der Waals surface area contributed by atoms with Gasteiger partial charge in [0.05, 0.1) is 5.52 Å². The van der Waals surface area contributed by atoms with Crippen molar-refractivity contribution in [2.24, 2.45) is 0 Å². The van der Waals surface area contributed by atoms with Gasteiger partial charge in [-0.3, -0.25) is 4.98 Å². The molecule has 0 bridgehead atoms. The summed E-state index contributed by atoms with van der Waals surface area (Å²) in [6, 6.07) is 10.3. The van der Waals surface area contributed by atoms with E-state index < -0.39 is 0 Å². The SMILES string of the molecule is Nc1ncc(Cc2cccc3ncccc23)s1. The number of nitrogen functional groups attached to an aromatic ring is 1. The van der Waals surface area contributed by atoms with Gasteiger partial charge < -0.3 is 5.73 Å². The summed E-state index contributed by atoms with van der Waals surface area (Å²) in [6.07, 6.45) is 4.52. The fourth-order valence-electron chi connectivity index (χ4n) is 1.91. The van der Waals surface area contributed by atoms with Gasteiger partial charge in [0, 0.05) is 29.1 Å².